The minimum Gasteiger partial charge on any atom is -0.494 e. The summed E-state index contributed by atoms with van der Waals surface area (Å²) in [4.78, 5) is 61.9. The molecule has 3 heterocycles. The molecule has 2 saturated carbocycles. The highest BCUT2D eigenvalue weighted by atomic mass is 32.2. The molecule has 4 amide bonds. The van der Waals surface area contributed by atoms with Gasteiger partial charge < -0.3 is 29.7 Å². The lowest BCUT2D eigenvalue weighted by atomic mass is 9.88. The Morgan fingerprint density at radius 2 is 1.77 bits per heavy atom. The standard InChI is InChI=1S/C38H51N5O9S/c1-22-11-7-8-12-24-19-38(24,35(46)42-53(48,49)26-15-16-26)41-32(44)29-18-25(51-33-28-14-10-9-13-27(28)30(50-6)20-39-33)21-43(29)34(45)31(23(2)17-22)40-36(47)52-37(3,4)5/h8-10,12-14,20,22-26,29,31H,7,11,15-19,21H2,1-6H3,(H,40,47)(H,41,44)(H,42,46)/b12-8-/t22-,23+,24+,25+,29-,31?,38+/m0/s1. The molecule has 3 N–H and O–H groups in total. The number of rotatable bonds is 7. The van der Waals surface area contributed by atoms with Crippen molar-refractivity contribution in [2.24, 2.45) is 17.8 Å². The van der Waals surface area contributed by atoms with Gasteiger partial charge in [0.25, 0.3) is 5.91 Å². The fourth-order valence-electron chi connectivity index (χ4n) is 7.49. The van der Waals surface area contributed by atoms with Crippen molar-refractivity contribution in [2.75, 3.05) is 13.7 Å². The highest BCUT2D eigenvalue weighted by Crippen LogP contribution is 2.46. The molecule has 3 fully saturated rings. The lowest BCUT2D eigenvalue weighted by molar-refractivity contribution is -0.142. The van der Waals surface area contributed by atoms with Gasteiger partial charge in [-0.3, -0.25) is 19.1 Å². The summed E-state index contributed by atoms with van der Waals surface area (Å²) in [6.45, 7) is 9.15. The molecule has 0 spiro atoms. The minimum absolute atomic E-state index is 0.0215. The summed E-state index contributed by atoms with van der Waals surface area (Å²) in [5.74, 6) is -1.68. The van der Waals surface area contributed by atoms with Crippen molar-refractivity contribution in [3.8, 4) is 11.6 Å². The molecule has 1 saturated heterocycles. The number of nitrogens with one attached hydrogen (secondary N) is 3. The van der Waals surface area contributed by atoms with Crippen LogP contribution in [-0.2, 0) is 29.1 Å². The molecular formula is C38H51N5O9S. The van der Waals surface area contributed by atoms with Crippen LogP contribution in [0.4, 0.5) is 4.79 Å². The SMILES string of the molecule is COc1cnc(O[C@@H]2C[C@H]3C(=O)N[C@]4(C(=O)NS(=O)(=O)C5CC5)C[C@H]4/C=C\CC[C@H](C)C[C@@H](C)C(NC(=O)OC(C)(C)C)C(=O)N3C2)c2ccccc12. The van der Waals surface area contributed by atoms with E-state index in [-0.39, 0.29) is 31.2 Å². The van der Waals surface area contributed by atoms with Gasteiger partial charge in [-0.25, -0.2) is 18.2 Å². The van der Waals surface area contributed by atoms with Crippen LogP contribution in [0.25, 0.3) is 10.8 Å². The van der Waals surface area contributed by atoms with Crippen LogP contribution in [0.3, 0.4) is 0 Å². The van der Waals surface area contributed by atoms with Crippen LogP contribution >= 0.6 is 0 Å². The molecular weight excluding hydrogens is 703 g/mol. The molecule has 6 rings (SSSR count). The normalized spacial score (nSPS) is 30.1. The number of benzene rings is 1. The molecule has 53 heavy (non-hydrogen) atoms. The second kappa shape index (κ2) is 14.8. The van der Waals surface area contributed by atoms with Gasteiger partial charge in [0.05, 0.1) is 25.1 Å². The largest absolute Gasteiger partial charge is 0.494 e. The number of methoxy groups -OCH3 is 1. The third-order valence-electron chi connectivity index (χ3n) is 10.5. The number of allylic oxidation sites excluding steroid dienone is 1. The summed E-state index contributed by atoms with van der Waals surface area (Å²) < 4.78 is 45.4. The molecule has 1 unspecified atom stereocenters. The maximum Gasteiger partial charge on any atom is 0.408 e. The van der Waals surface area contributed by atoms with Crippen molar-refractivity contribution in [3.63, 3.8) is 0 Å². The van der Waals surface area contributed by atoms with E-state index in [1.165, 1.54) is 4.90 Å². The molecule has 288 valence electrons. The Morgan fingerprint density at radius 3 is 2.45 bits per heavy atom. The number of carbonyl (C=O) groups excluding carboxylic acids is 4. The topological polar surface area (TPSA) is 182 Å². The zero-order valence-electron chi connectivity index (χ0n) is 31.2. The van der Waals surface area contributed by atoms with Crippen LogP contribution in [0, 0.1) is 17.8 Å². The second-order valence-electron chi connectivity index (χ2n) is 16.1. The van der Waals surface area contributed by atoms with Gasteiger partial charge in [-0.1, -0.05) is 44.2 Å². The smallest absolute Gasteiger partial charge is 0.408 e. The molecule has 2 aliphatic heterocycles. The van der Waals surface area contributed by atoms with Crippen molar-refractivity contribution in [1.29, 1.82) is 0 Å². The van der Waals surface area contributed by atoms with E-state index < -0.39 is 74.3 Å². The number of aromatic nitrogens is 1. The Labute approximate surface area is 310 Å². The van der Waals surface area contributed by atoms with Gasteiger partial charge in [0.15, 0.2) is 0 Å². The Bertz CT molecular complexity index is 1890. The van der Waals surface area contributed by atoms with Gasteiger partial charge in [-0.15, -0.1) is 0 Å². The molecule has 2 aliphatic carbocycles. The highest BCUT2D eigenvalue weighted by Gasteiger charge is 2.62. The first-order valence-electron chi connectivity index (χ1n) is 18.4. The zero-order valence-corrected chi connectivity index (χ0v) is 32.0. The van der Waals surface area contributed by atoms with E-state index in [2.05, 4.69) is 27.3 Å². The van der Waals surface area contributed by atoms with E-state index in [1.807, 2.05) is 43.3 Å². The second-order valence-corrected chi connectivity index (χ2v) is 18.0. The molecule has 15 heteroatoms. The predicted octanol–water partition coefficient (Wildman–Crippen LogP) is 3.98. The Hall–Kier alpha value is -4.40. The van der Waals surface area contributed by atoms with Crippen LogP contribution in [-0.4, -0.2) is 90.3 Å². The number of pyridine rings is 1. The molecule has 1 aromatic heterocycles. The van der Waals surface area contributed by atoms with Crippen LogP contribution in [0.2, 0.25) is 0 Å². The molecule has 0 bridgehead atoms. The van der Waals surface area contributed by atoms with Crippen molar-refractivity contribution in [1.82, 2.24) is 25.2 Å². The molecule has 7 atom stereocenters. The maximum absolute atomic E-state index is 14.7. The van der Waals surface area contributed by atoms with E-state index in [4.69, 9.17) is 14.2 Å². The first kappa shape index (κ1) is 38.3. The quantitative estimate of drug-likeness (QED) is 0.350. The van der Waals surface area contributed by atoms with Gasteiger partial charge in [0, 0.05) is 23.1 Å². The lowest BCUT2D eigenvalue weighted by Crippen LogP contribution is -2.59. The number of hydrogen-bond donors (Lipinski definition) is 3. The Morgan fingerprint density at radius 1 is 1.06 bits per heavy atom. The summed E-state index contributed by atoms with van der Waals surface area (Å²) in [7, 11) is -2.35. The first-order valence-corrected chi connectivity index (χ1v) is 20.0. The lowest BCUT2D eigenvalue weighted by Gasteiger charge is -2.33. The number of alkyl carbamates (subject to hydrolysis) is 1. The molecule has 0 radical (unpaired) electrons. The number of fused-ring (bicyclic) bond motifs is 3. The summed E-state index contributed by atoms with van der Waals surface area (Å²) in [6, 6.07) is 5.26. The molecule has 1 aromatic carbocycles. The van der Waals surface area contributed by atoms with E-state index in [0.29, 0.717) is 42.7 Å². The number of ether oxygens (including phenoxy) is 3. The van der Waals surface area contributed by atoms with Crippen molar-refractivity contribution >= 4 is 44.6 Å². The van der Waals surface area contributed by atoms with Crippen LogP contribution < -0.4 is 24.8 Å². The maximum atomic E-state index is 14.7. The zero-order chi connectivity index (χ0) is 38.3. The van der Waals surface area contributed by atoms with Gasteiger partial charge in [0.1, 0.15) is 35.1 Å². The number of nitrogens with zero attached hydrogens (tertiary/aromatic N) is 2. The van der Waals surface area contributed by atoms with Gasteiger partial charge in [-0.05, 0) is 77.2 Å². The van der Waals surface area contributed by atoms with Crippen LogP contribution in [0.15, 0.2) is 42.6 Å². The van der Waals surface area contributed by atoms with Crippen LogP contribution in [0.5, 0.6) is 11.6 Å². The molecule has 14 nitrogen and oxygen atoms in total. The Balaban J connectivity index is 1.35. The summed E-state index contributed by atoms with van der Waals surface area (Å²) >= 11 is 0. The summed E-state index contributed by atoms with van der Waals surface area (Å²) in [5.41, 5.74) is -2.33. The third kappa shape index (κ3) is 8.55. The fraction of sp³-hybridized carbons (Fsp3) is 0.605. The fourth-order valence-corrected chi connectivity index (χ4v) is 8.85. The number of hydrogen-bond acceptors (Lipinski definition) is 10. The molecule has 4 aliphatic rings. The van der Waals surface area contributed by atoms with Crippen molar-refractivity contribution in [2.45, 2.75) is 114 Å². The third-order valence-corrected chi connectivity index (χ3v) is 12.3. The van der Waals surface area contributed by atoms with E-state index in [1.54, 1.807) is 34.1 Å². The first-order chi connectivity index (χ1) is 25.0. The Kier molecular flexibility index (Phi) is 10.7. The van der Waals surface area contributed by atoms with E-state index >= 15 is 0 Å². The van der Waals surface area contributed by atoms with Gasteiger partial charge in [-0.2, -0.15) is 0 Å². The predicted molar refractivity (Wildman–Crippen MR) is 196 cm³/mol. The summed E-state index contributed by atoms with van der Waals surface area (Å²) in [6.07, 6.45) is 7.16. The number of amides is 4. The van der Waals surface area contributed by atoms with Crippen LogP contribution in [0.1, 0.15) is 79.6 Å². The van der Waals surface area contributed by atoms with Gasteiger partial charge in [0.2, 0.25) is 27.7 Å². The molecule has 2 aromatic rings. The number of carbonyl (C=O) groups is 4. The van der Waals surface area contributed by atoms with E-state index in [9.17, 15) is 27.6 Å². The highest BCUT2D eigenvalue weighted by molar-refractivity contribution is 7.91. The minimum atomic E-state index is -3.90. The van der Waals surface area contributed by atoms with Crippen molar-refractivity contribution in [3.05, 3.63) is 42.6 Å². The summed E-state index contributed by atoms with van der Waals surface area (Å²) in [5, 5.41) is 6.51. The number of sulfonamides is 1. The van der Waals surface area contributed by atoms with Crippen molar-refractivity contribution < 1.29 is 41.8 Å². The monoisotopic (exact) mass is 753 g/mol. The average molecular weight is 754 g/mol. The average Bonchev–Trinajstić information content (AvgIpc) is 4.01. The van der Waals surface area contributed by atoms with Gasteiger partial charge >= 0.3 is 6.09 Å². The van der Waals surface area contributed by atoms with E-state index in [0.717, 1.165) is 11.8 Å².